The van der Waals surface area contributed by atoms with Crippen LogP contribution in [0.3, 0.4) is 0 Å². The van der Waals surface area contributed by atoms with Gasteiger partial charge in [-0.15, -0.1) is 0 Å². The highest BCUT2D eigenvalue weighted by Crippen LogP contribution is 2.19. The first-order valence-corrected chi connectivity index (χ1v) is 9.62. The van der Waals surface area contributed by atoms with Crippen LogP contribution in [0, 0.1) is 0 Å². The molecule has 0 spiro atoms. The van der Waals surface area contributed by atoms with Crippen LogP contribution >= 0.6 is 0 Å². The maximum atomic E-state index is 12.4. The van der Waals surface area contributed by atoms with Gasteiger partial charge in [0.2, 0.25) is 10.0 Å². The molecule has 1 aromatic carbocycles. The molecule has 1 N–H and O–H groups in total. The molecule has 2 rings (SSSR count). The molecule has 2 aromatic rings. The molecule has 0 atom stereocenters. The predicted octanol–water partition coefficient (Wildman–Crippen LogP) is 1.91. The van der Waals surface area contributed by atoms with Crippen LogP contribution in [0.15, 0.2) is 53.6 Å². The normalized spacial score (nSPS) is 11.4. The van der Waals surface area contributed by atoms with Crippen molar-refractivity contribution in [3.8, 4) is 0 Å². The lowest BCUT2D eigenvalue weighted by Crippen LogP contribution is -2.33. The summed E-state index contributed by atoms with van der Waals surface area (Å²) in [6.45, 7) is 3.07. The molecule has 1 heterocycles. The molecular weight excluding hydrogens is 370 g/mol. The molecule has 8 nitrogen and oxygen atoms in total. The van der Waals surface area contributed by atoms with Gasteiger partial charge >= 0.3 is 5.97 Å². The Balaban J connectivity index is 1.94. The third-order valence-electron chi connectivity index (χ3n) is 3.75. The number of nitrogens with one attached hydrogen (secondary N) is 1. The van der Waals surface area contributed by atoms with Gasteiger partial charge in [-0.1, -0.05) is 6.07 Å². The lowest BCUT2D eigenvalue weighted by Gasteiger charge is -2.21. The fraction of sp³-hybridized carbons (Fsp3) is 0.278. The maximum Gasteiger partial charge on any atom is 0.357 e. The van der Waals surface area contributed by atoms with Gasteiger partial charge in [-0.2, -0.15) is 4.31 Å². The van der Waals surface area contributed by atoms with Crippen molar-refractivity contribution >= 4 is 27.6 Å². The number of rotatable bonds is 7. The minimum Gasteiger partial charge on any atom is -0.451 e. The molecule has 0 radical (unpaired) electrons. The summed E-state index contributed by atoms with van der Waals surface area (Å²) in [7, 11) is -2.09. The summed E-state index contributed by atoms with van der Waals surface area (Å²) < 4.78 is 30.9. The molecule has 1 amide bonds. The maximum absolute atomic E-state index is 12.4. The summed E-state index contributed by atoms with van der Waals surface area (Å²) in [6, 6.07) is 10.4. The molecule has 144 valence electrons. The van der Waals surface area contributed by atoms with Crippen LogP contribution in [-0.4, -0.2) is 49.3 Å². The van der Waals surface area contributed by atoms with Gasteiger partial charge in [0.25, 0.3) is 5.91 Å². The molecule has 0 fully saturated rings. The molecule has 0 aliphatic rings. The second kappa shape index (κ2) is 8.74. The number of hydrogen-bond acceptors (Lipinski definition) is 6. The first-order chi connectivity index (χ1) is 12.7. The van der Waals surface area contributed by atoms with Crippen molar-refractivity contribution in [3.05, 3.63) is 54.4 Å². The second-order valence-electron chi connectivity index (χ2n) is 5.98. The fourth-order valence-corrected chi connectivity index (χ4v) is 3.41. The van der Waals surface area contributed by atoms with E-state index in [0.29, 0.717) is 5.69 Å². The molecule has 0 aliphatic heterocycles. The van der Waals surface area contributed by atoms with E-state index in [-0.39, 0.29) is 16.6 Å². The topological polar surface area (TPSA) is 106 Å². The van der Waals surface area contributed by atoms with Crippen molar-refractivity contribution < 1.29 is 22.7 Å². The van der Waals surface area contributed by atoms with Gasteiger partial charge in [-0.3, -0.25) is 4.79 Å². The number of ether oxygens (including phenoxy) is 1. The number of amides is 1. The minimum atomic E-state index is -3.59. The Morgan fingerprint density at radius 1 is 1.15 bits per heavy atom. The third kappa shape index (κ3) is 5.35. The van der Waals surface area contributed by atoms with Crippen molar-refractivity contribution in [1.29, 1.82) is 0 Å². The van der Waals surface area contributed by atoms with Crippen molar-refractivity contribution in [3.63, 3.8) is 0 Å². The van der Waals surface area contributed by atoms with E-state index in [4.69, 9.17) is 4.74 Å². The first kappa shape index (κ1) is 20.5. The van der Waals surface area contributed by atoms with Crippen molar-refractivity contribution in [2.45, 2.75) is 24.8 Å². The fourth-order valence-electron chi connectivity index (χ4n) is 2.04. The number of pyridine rings is 1. The highest BCUT2D eigenvalue weighted by Gasteiger charge is 2.22. The molecule has 0 bridgehead atoms. The molecule has 27 heavy (non-hydrogen) atoms. The van der Waals surface area contributed by atoms with E-state index in [1.54, 1.807) is 26.0 Å². The zero-order valence-electron chi connectivity index (χ0n) is 15.2. The number of nitrogens with zero attached hydrogens (tertiary/aromatic N) is 2. The highest BCUT2D eigenvalue weighted by atomic mass is 32.2. The van der Waals surface area contributed by atoms with Gasteiger partial charge in [0.05, 0.1) is 4.90 Å². The van der Waals surface area contributed by atoms with Crippen LogP contribution in [-0.2, 0) is 19.6 Å². The lowest BCUT2D eigenvalue weighted by atomic mass is 10.3. The van der Waals surface area contributed by atoms with Gasteiger partial charge in [-0.05, 0) is 50.2 Å². The summed E-state index contributed by atoms with van der Waals surface area (Å²) in [5.74, 6) is -1.25. The number of esters is 1. The lowest BCUT2D eigenvalue weighted by molar-refractivity contribution is -0.119. The quantitative estimate of drug-likeness (QED) is 0.723. The van der Waals surface area contributed by atoms with E-state index in [1.807, 2.05) is 0 Å². The standard InChI is InChI=1S/C18H21N3O5S/c1-13(2)21(3)27(24,25)15-9-7-14(8-10-15)20-17(22)12-26-18(23)16-6-4-5-11-19-16/h4-11,13H,12H2,1-3H3,(H,20,22). The monoisotopic (exact) mass is 391 g/mol. The van der Waals surface area contributed by atoms with Crippen LogP contribution < -0.4 is 5.32 Å². The van der Waals surface area contributed by atoms with Gasteiger partial charge in [0.15, 0.2) is 6.61 Å². The number of aromatic nitrogens is 1. The molecule has 0 aliphatic carbocycles. The molecule has 1 aromatic heterocycles. The average Bonchev–Trinajstić information content (AvgIpc) is 2.66. The van der Waals surface area contributed by atoms with Crippen LogP contribution in [0.4, 0.5) is 5.69 Å². The zero-order valence-corrected chi connectivity index (χ0v) is 16.1. The molecule has 9 heteroatoms. The Morgan fingerprint density at radius 3 is 2.37 bits per heavy atom. The first-order valence-electron chi connectivity index (χ1n) is 8.18. The second-order valence-corrected chi connectivity index (χ2v) is 7.98. The van der Waals surface area contributed by atoms with Crippen LogP contribution in [0.2, 0.25) is 0 Å². The molecule has 0 saturated heterocycles. The summed E-state index contributed by atoms with van der Waals surface area (Å²) in [6.07, 6.45) is 1.45. The van der Waals surface area contributed by atoms with Gasteiger partial charge in [0.1, 0.15) is 5.69 Å². The number of benzene rings is 1. The van der Waals surface area contributed by atoms with Crippen LogP contribution in [0.25, 0.3) is 0 Å². The predicted molar refractivity (Wildman–Crippen MR) is 99.7 cm³/mol. The van der Waals surface area contributed by atoms with Gasteiger partial charge in [0, 0.05) is 25.0 Å². The van der Waals surface area contributed by atoms with E-state index in [2.05, 4.69) is 10.3 Å². The SMILES string of the molecule is CC(C)N(C)S(=O)(=O)c1ccc(NC(=O)COC(=O)c2ccccn2)cc1. The number of hydrogen-bond donors (Lipinski definition) is 1. The van der Waals surface area contributed by atoms with Crippen LogP contribution in [0.5, 0.6) is 0 Å². The molecule has 0 unspecified atom stereocenters. The smallest absolute Gasteiger partial charge is 0.357 e. The van der Waals surface area contributed by atoms with Gasteiger partial charge < -0.3 is 10.1 Å². The van der Waals surface area contributed by atoms with E-state index in [9.17, 15) is 18.0 Å². The third-order valence-corrected chi connectivity index (χ3v) is 5.80. The summed E-state index contributed by atoms with van der Waals surface area (Å²) >= 11 is 0. The van der Waals surface area contributed by atoms with E-state index < -0.39 is 28.5 Å². The number of carbonyl (C=O) groups is 2. The van der Waals surface area contributed by atoms with E-state index in [1.165, 1.54) is 47.9 Å². The van der Waals surface area contributed by atoms with Crippen molar-refractivity contribution in [1.82, 2.24) is 9.29 Å². The Morgan fingerprint density at radius 2 is 1.81 bits per heavy atom. The van der Waals surface area contributed by atoms with E-state index >= 15 is 0 Å². The largest absolute Gasteiger partial charge is 0.451 e. The summed E-state index contributed by atoms with van der Waals surface area (Å²) in [5.41, 5.74) is 0.495. The van der Waals surface area contributed by atoms with Gasteiger partial charge in [-0.25, -0.2) is 18.2 Å². The Bertz CT molecular complexity index is 896. The highest BCUT2D eigenvalue weighted by molar-refractivity contribution is 7.89. The Hall–Kier alpha value is -2.78. The number of sulfonamides is 1. The van der Waals surface area contributed by atoms with Crippen LogP contribution in [0.1, 0.15) is 24.3 Å². The zero-order chi connectivity index (χ0) is 20.0. The molecular formula is C18H21N3O5S. The van der Waals surface area contributed by atoms with Crippen molar-refractivity contribution in [2.24, 2.45) is 0 Å². The average molecular weight is 391 g/mol. The molecule has 0 saturated carbocycles. The summed E-state index contributed by atoms with van der Waals surface area (Å²) in [4.78, 5) is 27.6. The van der Waals surface area contributed by atoms with Crippen molar-refractivity contribution in [2.75, 3.05) is 19.0 Å². The Kier molecular flexibility index (Phi) is 6.65. The minimum absolute atomic E-state index is 0.106. The van der Waals surface area contributed by atoms with E-state index in [0.717, 1.165) is 0 Å². The summed E-state index contributed by atoms with van der Waals surface area (Å²) in [5, 5.41) is 2.53. The Labute approximate surface area is 158 Å². The number of anilines is 1. The number of carbonyl (C=O) groups excluding carboxylic acids is 2.